The van der Waals surface area contributed by atoms with Crippen LogP contribution >= 0.6 is 0 Å². The van der Waals surface area contributed by atoms with Crippen molar-refractivity contribution >= 4 is 11.8 Å². The average molecular weight is 312 g/mol. The van der Waals surface area contributed by atoms with E-state index in [4.69, 9.17) is 4.74 Å². The first kappa shape index (κ1) is 14.9. The highest BCUT2D eigenvalue weighted by molar-refractivity contribution is 6.09. The van der Waals surface area contributed by atoms with E-state index < -0.39 is 16.9 Å². The molecule has 3 aliphatic rings. The van der Waals surface area contributed by atoms with E-state index in [2.05, 4.69) is 0 Å². The maximum absolute atomic E-state index is 13.6. The fraction of sp³-hybridized carbons (Fsp3) is 0.600. The van der Waals surface area contributed by atoms with Crippen LogP contribution in [0.1, 0.15) is 69.5 Å². The summed E-state index contributed by atoms with van der Waals surface area (Å²) in [6.45, 7) is 0. The van der Waals surface area contributed by atoms with Crippen LogP contribution in [0.4, 0.5) is 0 Å². The first-order valence-corrected chi connectivity index (χ1v) is 9.00. The summed E-state index contributed by atoms with van der Waals surface area (Å²) in [5.74, 6) is -0.0580. The number of hydrogen-bond acceptors (Lipinski definition) is 3. The predicted molar refractivity (Wildman–Crippen MR) is 86.7 cm³/mol. The number of ether oxygens (including phenoxy) is 1. The Kier molecular flexibility index (Phi) is 3.55. The van der Waals surface area contributed by atoms with E-state index in [0.29, 0.717) is 12.8 Å². The van der Waals surface area contributed by atoms with E-state index in [9.17, 15) is 9.59 Å². The van der Waals surface area contributed by atoms with Crippen LogP contribution in [-0.4, -0.2) is 11.8 Å². The number of carbonyl (C=O) groups excluding carboxylic acids is 2. The third kappa shape index (κ3) is 2.09. The van der Waals surface area contributed by atoms with Gasteiger partial charge in [0.05, 0.1) is 5.41 Å². The number of hydrogen-bond donors (Lipinski definition) is 0. The third-order valence-corrected chi connectivity index (χ3v) is 6.31. The molecule has 1 saturated heterocycles. The largest absolute Gasteiger partial charge is 0.456 e. The van der Waals surface area contributed by atoms with Crippen LogP contribution in [0.2, 0.25) is 0 Å². The van der Waals surface area contributed by atoms with E-state index in [-0.39, 0.29) is 11.8 Å². The van der Waals surface area contributed by atoms with Gasteiger partial charge in [0.2, 0.25) is 0 Å². The van der Waals surface area contributed by atoms with Crippen molar-refractivity contribution in [2.45, 2.75) is 63.9 Å². The van der Waals surface area contributed by atoms with Crippen molar-refractivity contribution in [3.63, 3.8) is 0 Å². The zero-order valence-corrected chi connectivity index (χ0v) is 13.6. The van der Waals surface area contributed by atoms with Crippen LogP contribution < -0.4 is 0 Å². The Morgan fingerprint density at radius 3 is 2.09 bits per heavy atom. The normalized spacial score (nSPS) is 29.0. The standard InChI is InChI=1S/C20H24O3/c21-17-19(11-5-2-6-12-19)16(15-9-3-1-4-10-15)23-18(22)20(17)13-7-8-14-20/h1,3-4,9-10,16H,2,5-8,11-14H2. The van der Waals surface area contributed by atoms with E-state index in [1.165, 1.54) is 6.42 Å². The molecule has 1 heterocycles. The summed E-state index contributed by atoms with van der Waals surface area (Å²) in [6.07, 6.45) is 7.93. The minimum Gasteiger partial charge on any atom is -0.456 e. The van der Waals surface area contributed by atoms with Crippen LogP contribution in [0.3, 0.4) is 0 Å². The Labute approximate surface area is 137 Å². The molecule has 1 unspecified atom stereocenters. The van der Waals surface area contributed by atoms with Crippen LogP contribution in [0.15, 0.2) is 30.3 Å². The summed E-state index contributed by atoms with van der Waals surface area (Å²) in [5.41, 5.74) is -0.343. The number of cyclic esters (lactones) is 1. The quantitative estimate of drug-likeness (QED) is 0.571. The summed E-state index contributed by atoms with van der Waals surface area (Å²) in [4.78, 5) is 26.4. The minimum atomic E-state index is -0.831. The first-order chi connectivity index (χ1) is 11.2. The number of ketones is 1. The van der Waals surface area contributed by atoms with Crippen molar-refractivity contribution in [1.29, 1.82) is 0 Å². The number of Topliss-reactive ketones (excluding diaryl/α,β-unsaturated/α-hetero) is 1. The lowest BCUT2D eigenvalue weighted by molar-refractivity contribution is -0.195. The van der Waals surface area contributed by atoms with Gasteiger partial charge in [-0.1, -0.05) is 62.4 Å². The summed E-state index contributed by atoms with van der Waals surface area (Å²) >= 11 is 0. The lowest BCUT2D eigenvalue weighted by Gasteiger charge is -2.50. The maximum Gasteiger partial charge on any atom is 0.320 e. The van der Waals surface area contributed by atoms with Gasteiger partial charge < -0.3 is 4.74 Å². The van der Waals surface area contributed by atoms with Crippen LogP contribution in [-0.2, 0) is 14.3 Å². The molecule has 1 aromatic carbocycles. The van der Waals surface area contributed by atoms with Crippen LogP contribution in [0.5, 0.6) is 0 Å². The third-order valence-electron chi connectivity index (χ3n) is 6.31. The van der Waals surface area contributed by atoms with Gasteiger partial charge in [-0.15, -0.1) is 0 Å². The van der Waals surface area contributed by atoms with Crippen molar-refractivity contribution in [2.24, 2.45) is 10.8 Å². The molecule has 0 radical (unpaired) electrons. The van der Waals surface area contributed by atoms with Gasteiger partial charge >= 0.3 is 5.97 Å². The van der Waals surface area contributed by atoms with Crippen molar-refractivity contribution in [2.75, 3.05) is 0 Å². The molecule has 0 aromatic heterocycles. The van der Waals surface area contributed by atoms with E-state index in [0.717, 1.165) is 44.1 Å². The minimum absolute atomic E-state index is 0.201. The number of benzene rings is 1. The second-order valence-electron chi connectivity index (χ2n) is 7.53. The van der Waals surface area contributed by atoms with E-state index in [1.807, 2.05) is 30.3 Å². The summed E-state index contributed by atoms with van der Waals surface area (Å²) < 4.78 is 6.01. The monoisotopic (exact) mass is 312 g/mol. The summed E-state index contributed by atoms with van der Waals surface area (Å²) in [6, 6.07) is 9.87. The SMILES string of the molecule is O=C1OC(c2ccccc2)C2(CCCCC2)C(=O)C12CCCC2. The fourth-order valence-corrected chi connectivity index (χ4v) is 5.12. The number of esters is 1. The smallest absolute Gasteiger partial charge is 0.320 e. The highest BCUT2D eigenvalue weighted by atomic mass is 16.5. The Hall–Kier alpha value is -1.64. The van der Waals surface area contributed by atoms with Gasteiger partial charge in [0.15, 0.2) is 5.78 Å². The zero-order valence-electron chi connectivity index (χ0n) is 13.6. The molecule has 3 nitrogen and oxygen atoms in total. The van der Waals surface area contributed by atoms with E-state index >= 15 is 0 Å². The Balaban J connectivity index is 1.80. The Morgan fingerprint density at radius 1 is 0.826 bits per heavy atom. The molecule has 2 spiro atoms. The van der Waals surface area contributed by atoms with Gasteiger partial charge in [0.1, 0.15) is 11.5 Å². The van der Waals surface area contributed by atoms with Gasteiger partial charge in [-0.05, 0) is 31.2 Å². The molecular formula is C20H24O3. The second-order valence-corrected chi connectivity index (χ2v) is 7.53. The van der Waals surface area contributed by atoms with Crippen molar-refractivity contribution in [3.05, 3.63) is 35.9 Å². The van der Waals surface area contributed by atoms with Crippen LogP contribution in [0.25, 0.3) is 0 Å². The molecule has 2 saturated carbocycles. The molecule has 3 fully saturated rings. The molecule has 122 valence electrons. The molecular weight excluding hydrogens is 288 g/mol. The van der Waals surface area contributed by atoms with Crippen molar-refractivity contribution < 1.29 is 14.3 Å². The fourth-order valence-electron chi connectivity index (χ4n) is 5.12. The molecule has 1 aliphatic heterocycles. The molecule has 0 bridgehead atoms. The highest BCUT2D eigenvalue weighted by Gasteiger charge is 2.64. The Bertz CT molecular complexity index is 607. The zero-order chi connectivity index (χ0) is 15.9. The van der Waals surface area contributed by atoms with Gasteiger partial charge in [-0.3, -0.25) is 9.59 Å². The Morgan fingerprint density at radius 2 is 1.43 bits per heavy atom. The molecule has 1 atom stereocenters. The predicted octanol–water partition coefficient (Wildman–Crippen LogP) is 4.36. The number of carbonyl (C=O) groups is 2. The van der Waals surface area contributed by atoms with Crippen molar-refractivity contribution in [3.8, 4) is 0 Å². The summed E-state index contributed by atoms with van der Waals surface area (Å²) in [5, 5.41) is 0. The second kappa shape index (κ2) is 5.47. The topological polar surface area (TPSA) is 43.4 Å². The molecule has 3 heteroatoms. The molecule has 23 heavy (non-hydrogen) atoms. The van der Waals surface area contributed by atoms with Gasteiger partial charge in [0, 0.05) is 0 Å². The molecule has 4 rings (SSSR count). The van der Waals surface area contributed by atoms with Gasteiger partial charge in [0.25, 0.3) is 0 Å². The van der Waals surface area contributed by atoms with Crippen molar-refractivity contribution in [1.82, 2.24) is 0 Å². The average Bonchev–Trinajstić information content (AvgIpc) is 3.10. The highest BCUT2D eigenvalue weighted by Crippen LogP contribution is 2.59. The van der Waals surface area contributed by atoms with E-state index in [1.54, 1.807) is 0 Å². The molecule has 2 aliphatic carbocycles. The lowest BCUT2D eigenvalue weighted by Crippen LogP contribution is -2.56. The first-order valence-electron chi connectivity index (χ1n) is 9.00. The van der Waals surface area contributed by atoms with Crippen LogP contribution in [0, 0.1) is 10.8 Å². The summed E-state index contributed by atoms with van der Waals surface area (Å²) in [7, 11) is 0. The van der Waals surface area contributed by atoms with Gasteiger partial charge in [-0.25, -0.2) is 0 Å². The molecule has 0 amide bonds. The number of rotatable bonds is 1. The molecule has 1 aromatic rings. The van der Waals surface area contributed by atoms with Gasteiger partial charge in [-0.2, -0.15) is 0 Å². The maximum atomic E-state index is 13.6. The lowest BCUT2D eigenvalue weighted by atomic mass is 9.57. The molecule has 0 N–H and O–H groups in total.